The van der Waals surface area contributed by atoms with Crippen molar-refractivity contribution in [3.05, 3.63) is 35.5 Å². The van der Waals surface area contributed by atoms with Crippen molar-refractivity contribution in [3.8, 4) is 6.07 Å². The van der Waals surface area contributed by atoms with Gasteiger partial charge in [-0.1, -0.05) is 6.42 Å². The van der Waals surface area contributed by atoms with E-state index < -0.39 is 0 Å². The lowest BCUT2D eigenvalue weighted by Crippen LogP contribution is -2.33. The largest absolute Gasteiger partial charge is 0.364 e. The fourth-order valence-corrected chi connectivity index (χ4v) is 3.71. The SMILES string of the molecule is COCNC(=O)[C@H]1CCC[C@@H]1c1cn(C)c2ccc(C#N)cc12. The number of rotatable bonds is 4. The van der Waals surface area contributed by atoms with Crippen LogP contribution in [0, 0.1) is 17.2 Å². The zero-order valence-corrected chi connectivity index (χ0v) is 13.5. The number of carbonyl (C=O) groups is 1. The Balaban J connectivity index is 1.98. The Kier molecular flexibility index (Phi) is 4.35. The van der Waals surface area contributed by atoms with Gasteiger partial charge in [-0.15, -0.1) is 0 Å². The molecule has 1 fully saturated rings. The van der Waals surface area contributed by atoms with Gasteiger partial charge >= 0.3 is 0 Å². The van der Waals surface area contributed by atoms with E-state index in [0.29, 0.717) is 5.56 Å². The summed E-state index contributed by atoms with van der Waals surface area (Å²) >= 11 is 0. The number of aryl methyl sites for hydroxylation is 1. The van der Waals surface area contributed by atoms with Crippen molar-refractivity contribution in [2.45, 2.75) is 25.2 Å². The van der Waals surface area contributed by atoms with Crippen LogP contribution in [0.1, 0.15) is 36.3 Å². The van der Waals surface area contributed by atoms with E-state index in [-0.39, 0.29) is 24.5 Å². The summed E-state index contributed by atoms with van der Waals surface area (Å²) in [5, 5.41) is 13.1. The number of carbonyl (C=O) groups excluding carboxylic acids is 1. The van der Waals surface area contributed by atoms with Gasteiger partial charge in [-0.05, 0) is 42.5 Å². The topological polar surface area (TPSA) is 67.0 Å². The summed E-state index contributed by atoms with van der Waals surface area (Å²) in [5.41, 5.74) is 2.93. The molecule has 1 heterocycles. The van der Waals surface area contributed by atoms with Gasteiger partial charge < -0.3 is 14.6 Å². The zero-order chi connectivity index (χ0) is 16.4. The molecule has 5 heteroatoms. The number of nitrogens with zero attached hydrogens (tertiary/aromatic N) is 2. The van der Waals surface area contributed by atoms with Crippen LogP contribution in [0.4, 0.5) is 0 Å². The van der Waals surface area contributed by atoms with Gasteiger partial charge in [-0.25, -0.2) is 0 Å². The first kappa shape index (κ1) is 15.6. The molecular formula is C18H21N3O2. The van der Waals surface area contributed by atoms with E-state index in [9.17, 15) is 4.79 Å². The Morgan fingerprint density at radius 2 is 2.30 bits per heavy atom. The minimum absolute atomic E-state index is 0.0264. The normalized spacial score (nSPS) is 20.6. The molecule has 1 aromatic heterocycles. The number of aromatic nitrogens is 1. The Bertz CT molecular complexity index is 772. The summed E-state index contributed by atoms with van der Waals surface area (Å²) in [5.74, 6) is 0.230. The molecule has 2 aromatic rings. The van der Waals surface area contributed by atoms with Crippen LogP contribution in [0.15, 0.2) is 24.4 Å². The summed E-state index contributed by atoms with van der Waals surface area (Å²) in [6, 6.07) is 7.96. The molecule has 1 aliphatic rings. The summed E-state index contributed by atoms with van der Waals surface area (Å²) in [6.45, 7) is 0.246. The third-order valence-corrected chi connectivity index (χ3v) is 4.79. The first-order chi connectivity index (χ1) is 11.2. The van der Waals surface area contributed by atoms with Crippen LogP contribution in [-0.2, 0) is 16.6 Å². The zero-order valence-electron chi connectivity index (χ0n) is 13.5. The maximum absolute atomic E-state index is 12.4. The second kappa shape index (κ2) is 6.43. The first-order valence-electron chi connectivity index (χ1n) is 7.91. The number of fused-ring (bicyclic) bond motifs is 1. The van der Waals surface area contributed by atoms with Crippen LogP contribution < -0.4 is 5.32 Å². The van der Waals surface area contributed by atoms with E-state index in [1.54, 1.807) is 7.11 Å². The highest BCUT2D eigenvalue weighted by atomic mass is 16.5. The van der Waals surface area contributed by atoms with Crippen molar-refractivity contribution in [2.75, 3.05) is 13.8 Å². The summed E-state index contributed by atoms with van der Waals surface area (Å²) in [4.78, 5) is 12.4. The van der Waals surface area contributed by atoms with Crippen molar-refractivity contribution in [1.82, 2.24) is 9.88 Å². The molecule has 0 aliphatic heterocycles. The predicted molar refractivity (Wildman–Crippen MR) is 87.7 cm³/mol. The highest BCUT2D eigenvalue weighted by molar-refractivity contribution is 5.87. The summed E-state index contributed by atoms with van der Waals surface area (Å²) < 4.78 is 7.02. The standard InChI is InChI=1S/C18H21N3O2/c1-21-10-16(15-8-12(9-19)6-7-17(15)21)13-4-3-5-14(13)18(22)20-11-23-2/h6-8,10,13-14H,3-5,11H2,1-2H3,(H,20,22)/t13-,14-/m0/s1. The first-order valence-corrected chi connectivity index (χ1v) is 7.91. The molecule has 1 aliphatic carbocycles. The number of benzene rings is 1. The molecule has 5 nitrogen and oxygen atoms in total. The van der Waals surface area contributed by atoms with E-state index >= 15 is 0 Å². The van der Waals surface area contributed by atoms with Gasteiger partial charge in [0.25, 0.3) is 0 Å². The molecule has 2 atom stereocenters. The second-order valence-electron chi connectivity index (χ2n) is 6.16. The second-order valence-corrected chi connectivity index (χ2v) is 6.16. The van der Waals surface area contributed by atoms with Crippen LogP contribution in [0.25, 0.3) is 10.9 Å². The Hall–Kier alpha value is -2.32. The van der Waals surface area contributed by atoms with Gasteiger partial charge in [-0.3, -0.25) is 4.79 Å². The maximum Gasteiger partial charge on any atom is 0.225 e. The lowest BCUT2D eigenvalue weighted by molar-refractivity contribution is -0.126. The van der Waals surface area contributed by atoms with Crippen molar-refractivity contribution in [3.63, 3.8) is 0 Å². The quantitative estimate of drug-likeness (QED) is 0.883. The van der Waals surface area contributed by atoms with Crippen LogP contribution in [-0.4, -0.2) is 24.3 Å². The molecule has 0 radical (unpaired) electrons. The number of hydrogen-bond acceptors (Lipinski definition) is 3. The van der Waals surface area contributed by atoms with Crippen molar-refractivity contribution in [1.29, 1.82) is 5.26 Å². The molecule has 0 saturated heterocycles. The van der Waals surface area contributed by atoms with Crippen molar-refractivity contribution in [2.24, 2.45) is 13.0 Å². The monoisotopic (exact) mass is 311 g/mol. The summed E-state index contributed by atoms with van der Waals surface area (Å²) in [7, 11) is 3.58. The van der Waals surface area contributed by atoms with Crippen molar-refractivity contribution < 1.29 is 9.53 Å². The molecule has 0 unspecified atom stereocenters. The Morgan fingerprint density at radius 1 is 1.48 bits per heavy atom. The Morgan fingerprint density at radius 3 is 3.04 bits per heavy atom. The number of amides is 1. The number of nitrogens with one attached hydrogen (secondary N) is 1. The molecule has 1 amide bonds. The molecule has 0 spiro atoms. The number of hydrogen-bond donors (Lipinski definition) is 1. The number of nitriles is 1. The number of methoxy groups -OCH3 is 1. The van der Waals surface area contributed by atoms with Crippen LogP contribution in [0.5, 0.6) is 0 Å². The lowest BCUT2D eigenvalue weighted by Gasteiger charge is -2.18. The Labute approximate surface area is 135 Å². The minimum atomic E-state index is -0.0264. The maximum atomic E-state index is 12.4. The predicted octanol–water partition coefficient (Wildman–Crippen LogP) is 2.65. The van der Waals surface area contributed by atoms with Crippen LogP contribution >= 0.6 is 0 Å². The van der Waals surface area contributed by atoms with E-state index in [1.807, 2.05) is 25.2 Å². The smallest absolute Gasteiger partial charge is 0.225 e. The molecule has 1 aromatic carbocycles. The van der Waals surface area contributed by atoms with Gasteiger partial charge in [0.2, 0.25) is 5.91 Å². The van der Waals surface area contributed by atoms with Crippen LogP contribution in [0.3, 0.4) is 0 Å². The summed E-state index contributed by atoms with van der Waals surface area (Å²) in [6.07, 6.45) is 5.05. The molecule has 1 N–H and O–H groups in total. The van der Waals surface area contributed by atoms with Gasteiger partial charge in [0.15, 0.2) is 0 Å². The fourth-order valence-electron chi connectivity index (χ4n) is 3.71. The lowest BCUT2D eigenvalue weighted by atomic mass is 9.88. The third-order valence-electron chi connectivity index (χ3n) is 4.79. The highest BCUT2D eigenvalue weighted by Crippen LogP contribution is 2.43. The highest BCUT2D eigenvalue weighted by Gasteiger charge is 2.35. The fraction of sp³-hybridized carbons (Fsp3) is 0.444. The molecule has 3 rings (SSSR count). The minimum Gasteiger partial charge on any atom is -0.364 e. The van der Waals surface area contributed by atoms with Gasteiger partial charge in [-0.2, -0.15) is 5.26 Å². The van der Waals surface area contributed by atoms with Gasteiger partial charge in [0.1, 0.15) is 6.73 Å². The molecule has 23 heavy (non-hydrogen) atoms. The van der Waals surface area contributed by atoms with Crippen molar-refractivity contribution >= 4 is 16.8 Å². The average Bonchev–Trinajstić information content (AvgIpc) is 3.17. The number of ether oxygens (including phenoxy) is 1. The molecule has 120 valence electrons. The van der Waals surface area contributed by atoms with Crippen LogP contribution in [0.2, 0.25) is 0 Å². The molecule has 1 saturated carbocycles. The van der Waals surface area contributed by atoms with E-state index in [1.165, 1.54) is 5.56 Å². The molecule has 0 bridgehead atoms. The van der Waals surface area contributed by atoms with E-state index in [2.05, 4.69) is 22.1 Å². The third kappa shape index (κ3) is 2.82. The van der Waals surface area contributed by atoms with Gasteiger partial charge in [0, 0.05) is 37.2 Å². The molecular weight excluding hydrogens is 290 g/mol. The van der Waals surface area contributed by atoms with E-state index in [0.717, 1.165) is 30.2 Å². The average molecular weight is 311 g/mol. The van der Waals surface area contributed by atoms with Gasteiger partial charge in [0.05, 0.1) is 11.6 Å². The van der Waals surface area contributed by atoms with E-state index in [4.69, 9.17) is 10.00 Å².